The third-order valence-corrected chi connectivity index (χ3v) is 3.33. The summed E-state index contributed by atoms with van der Waals surface area (Å²) in [4.78, 5) is 9.87. The van der Waals surface area contributed by atoms with Crippen molar-refractivity contribution in [3.05, 3.63) is 39.9 Å². The van der Waals surface area contributed by atoms with Gasteiger partial charge in [0.2, 0.25) is 5.28 Å². The summed E-state index contributed by atoms with van der Waals surface area (Å²) < 4.78 is 0. The average molecular weight is 265 g/mol. The molecule has 1 aliphatic heterocycles. The van der Waals surface area contributed by atoms with Crippen molar-refractivity contribution in [3.63, 3.8) is 0 Å². The van der Waals surface area contributed by atoms with E-state index in [1.807, 2.05) is 23.4 Å². The molecule has 6 heteroatoms. The summed E-state index contributed by atoms with van der Waals surface area (Å²) in [6.45, 7) is 2.83. The van der Waals surface area contributed by atoms with E-state index in [0.717, 1.165) is 11.6 Å². The first-order valence-electron chi connectivity index (χ1n) is 4.99. The van der Waals surface area contributed by atoms with Crippen molar-refractivity contribution in [1.82, 2.24) is 14.9 Å². The molecule has 0 unspecified atom stereocenters. The third kappa shape index (κ3) is 2.43. The zero-order valence-corrected chi connectivity index (χ0v) is 10.7. The number of nitrogens with zero attached hydrogens (tertiary/aromatic N) is 4. The molecule has 0 N–H and O–H groups in total. The van der Waals surface area contributed by atoms with Crippen molar-refractivity contribution < 1.29 is 0 Å². The molecule has 86 valence electrons. The maximum Gasteiger partial charge on any atom is 0.222 e. The predicted octanol–water partition coefficient (Wildman–Crippen LogP) is 2.86. The number of allylic oxidation sites excluding steroid dienone is 1. The van der Waals surface area contributed by atoms with Crippen LogP contribution in [0.5, 0.6) is 0 Å². The van der Waals surface area contributed by atoms with E-state index in [-0.39, 0.29) is 5.28 Å². The van der Waals surface area contributed by atoms with Gasteiger partial charge >= 0.3 is 0 Å². The normalized spacial score (nSPS) is 17.1. The minimum absolute atomic E-state index is 0.148. The summed E-state index contributed by atoms with van der Waals surface area (Å²) in [5, 5.41) is 12.2. The van der Waals surface area contributed by atoms with Crippen LogP contribution in [0.3, 0.4) is 0 Å². The van der Waals surface area contributed by atoms with Crippen LogP contribution in [-0.4, -0.2) is 21.4 Å². The largest absolute Gasteiger partial charge is 0.341 e. The lowest BCUT2D eigenvalue weighted by Crippen LogP contribution is -2.12. The van der Waals surface area contributed by atoms with Crippen molar-refractivity contribution in [1.29, 1.82) is 5.26 Å². The van der Waals surface area contributed by atoms with Crippen LogP contribution in [0.2, 0.25) is 5.28 Å². The lowest BCUT2D eigenvalue weighted by molar-refractivity contribution is 0.533. The lowest BCUT2D eigenvalue weighted by atomic mass is 10.2. The fraction of sp³-hybridized carbons (Fsp3) is 0.182. The molecule has 17 heavy (non-hydrogen) atoms. The van der Waals surface area contributed by atoms with Gasteiger partial charge in [0.1, 0.15) is 11.6 Å². The molecule has 0 atom stereocenters. The standard InChI is InChI=1S/C11H9ClN4S/c1-2-16-5-6-17-10(16)8(7-13)9-3-4-14-11(12)15-9/h3-6H,2H2,1H3. The number of rotatable bonds is 2. The summed E-state index contributed by atoms with van der Waals surface area (Å²) in [6, 6.07) is 3.86. The van der Waals surface area contributed by atoms with Crippen LogP contribution < -0.4 is 0 Å². The minimum Gasteiger partial charge on any atom is -0.341 e. The SMILES string of the molecule is CCN1C=CSC1=C(C#N)c1ccnc(Cl)n1. The van der Waals surface area contributed by atoms with Gasteiger partial charge in [-0.1, -0.05) is 11.8 Å². The van der Waals surface area contributed by atoms with E-state index < -0.39 is 0 Å². The topological polar surface area (TPSA) is 52.8 Å². The first-order valence-corrected chi connectivity index (χ1v) is 6.25. The minimum atomic E-state index is 0.148. The second-order valence-electron chi connectivity index (χ2n) is 3.19. The van der Waals surface area contributed by atoms with Gasteiger partial charge in [0.25, 0.3) is 0 Å². The Morgan fingerprint density at radius 3 is 3.12 bits per heavy atom. The summed E-state index contributed by atoms with van der Waals surface area (Å²) in [6.07, 6.45) is 3.49. The highest BCUT2D eigenvalue weighted by molar-refractivity contribution is 8.06. The fourth-order valence-electron chi connectivity index (χ4n) is 1.44. The molecule has 0 saturated carbocycles. The van der Waals surface area contributed by atoms with Crippen LogP contribution in [0.25, 0.3) is 5.57 Å². The molecule has 1 aromatic rings. The Labute approximate surface area is 109 Å². The Balaban J connectivity index is 2.47. The Kier molecular flexibility index (Phi) is 3.67. The van der Waals surface area contributed by atoms with Crippen molar-refractivity contribution in [2.75, 3.05) is 6.54 Å². The van der Waals surface area contributed by atoms with Crippen LogP contribution in [0.1, 0.15) is 12.6 Å². The lowest BCUT2D eigenvalue weighted by Gasteiger charge is -2.16. The van der Waals surface area contributed by atoms with E-state index in [1.54, 1.807) is 12.3 Å². The molecule has 0 bridgehead atoms. The van der Waals surface area contributed by atoms with Gasteiger partial charge in [0.05, 0.1) is 10.7 Å². The monoisotopic (exact) mass is 264 g/mol. The molecule has 0 saturated heterocycles. The van der Waals surface area contributed by atoms with Crippen molar-refractivity contribution >= 4 is 28.9 Å². The Morgan fingerprint density at radius 1 is 1.65 bits per heavy atom. The van der Waals surface area contributed by atoms with Crippen molar-refractivity contribution in [3.8, 4) is 6.07 Å². The van der Waals surface area contributed by atoms with Gasteiger partial charge in [0.15, 0.2) is 0 Å². The molecule has 0 aromatic carbocycles. The van der Waals surface area contributed by atoms with Gasteiger partial charge in [-0.05, 0) is 30.0 Å². The second-order valence-corrected chi connectivity index (χ2v) is 4.42. The van der Waals surface area contributed by atoms with Gasteiger partial charge in [-0.2, -0.15) is 5.26 Å². The summed E-state index contributed by atoms with van der Waals surface area (Å²) in [5.41, 5.74) is 1.07. The average Bonchev–Trinajstić information content (AvgIpc) is 2.78. The van der Waals surface area contributed by atoms with Crippen molar-refractivity contribution in [2.45, 2.75) is 6.92 Å². The molecule has 0 radical (unpaired) electrons. The number of halogens is 1. The van der Waals surface area contributed by atoms with E-state index in [9.17, 15) is 5.26 Å². The van der Waals surface area contributed by atoms with Crippen LogP contribution in [0, 0.1) is 11.3 Å². The molecule has 0 aliphatic carbocycles. The zero-order valence-electron chi connectivity index (χ0n) is 9.09. The van der Waals surface area contributed by atoms with Gasteiger partial charge in [-0.15, -0.1) is 0 Å². The van der Waals surface area contributed by atoms with Crippen LogP contribution in [0.4, 0.5) is 0 Å². The highest BCUT2D eigenvalue weighted by Gasteiger charge is 2.18. The van der Waals surface area contributed by atoms with E-state index in [1.165, 1.54) is 11.8 Å². The summed E-state index contributed by atoms with van der Waals surface area (Å²) in [5.74, 6) is 0. The smallest absolute Gasteiger partial charge is 0.222 e. The van der Waals surface area contributed by atoms with Gasteiger partial charge in [-0.25, -0.2) is 9.97 Å². The Bertz CT molecular complexity index is 533. The molecule has 1 aromatic heterocycles. The molecule has 0 spiro atoms. The van der Waals surface area contributed by atoms with Gasteiger partial charge < -0.3 is 4.90 Å². The highest BCUT2D eigenvalue weighted by atomic mass is 35.5. The molecule has 1 aliphatic rings. The fourth-order valence-corrected chi connectivity index (χ4v) is 2.52. The summed E-state index contributed by atoms with van der Waals surface area (Å²) >= 11 is 7.24. The molecule has 0 amide bonds. The molecule has 2 rings (SSSR count). The first-order chi connectivity index (χ1) is 8.26. The molecule has 2 heterocycles. The molecule has 4 nitrogen and oxygen atoms in total. The maximum absolute atomic E-state index is 9.26. The van der Waals surface area contributed by atoms with Crippen LogP contribution in [-0.2, 0) is 0 Å². The van der Waals surface area contributed by atoms with Gasteiger partial charge in [-0.3, -0.25) is 0 Å². The van der Waals surface area contributed by atoms with E-state index in [0.29, 0.717) is 11.3 Å². The Morgan fingerprint density at radius 2 is 2.47 bits per heavy atom. The first kappa shape index (κ1) is 12.0. The third-order valence-electron chi connectivity index (χ3n) is 2.23. The van der Waals surface area contributed by atoms with Crippen LogP contribution in [0.15, 0.2) is 28.9 Å². The quantitative estimate of drug-likeness (QED) is 0.607. The predicted molar refractivity (Wildman–Crippen MR) is 68.7 cm³/mol. The highest BCUT2D eigenvalue weighted by Crippen LogP contribution is 2.34. The number of hydrogen-bond acceptors (Lipinski definition) is 5. The van der Waals surface area contributed by atoms with Gasteiger partial charge in [0, 0.05) is 18.9 Å². The number of hydrogen-bond donors (Lipinski definition) is 0. The zero-order chi connectivity index (χ0) is 12.3. The van der Waals surface area contributed by atoms with Crippen molar-refractivity contribution in [2.24, 2.45) is 0 Å². The van der Waals surface area contributed by atoms with Crippen LogP contribution >= 0.6 is 23.4 Å². The number of aromatic nitrogens is 2. The molecular weight excluding hydrogens is 256 g/mol. The summed E-state index contributed by atoms with van der Waals surface area (Å²) in [7, 11) is 0. The molecular formula is C11H9ClN4S. The van der Waals surface area contributed by atoms with E-state index >= 15 is 0 Å². The maximum atomic E-state index is 9.26. The molecule has 0 fully saturated rings. The van der Waals surface area contributed by atoms with E-state index in [4.69, 9.17) is 11.6 Å². The number of thioether (sulfide) groups is 1. The Hall–Kier alpha value is -1.51. The second kappa shape index (κ2) is 5.21. The van der Waals surface area contributed by atoms with E-state index in [2.05, 4.69) is 16.0 Å². The number of nitriles is 1.